The SMILES string of the molecule is FC(F)(F)C(Cc1ccncc1)NC1CCN(c2ccccn2)C1. The molecule has 0 amide bonds. The van der Waals surface area contributed by atoms with Crippen LogP contribution in [-0.4, -0.2) is 41.3 Å². The maximum atomic E-state index is 13.4. The Bertz CT molecular complexity index is 633. The molecule has 3 rings (SSSR count). The molecule has 0 bridgehead atoms. The van der Waals surface area contributed by atoms with Gasteiger partial charge in [0.2, 0.25) is 0 Å². The second-order valence-corrected chi connectivity index (χ2v) is 5.94. The molecular formula is C17H19F3N4. The van der Waals surface area contributed by atoms with Gasteiger partial charge in [-0.3, -0.25) is 4.98 Å². The third-order valence-electron chi connectivity index (χ3n) is 4.18. The van der Waals surface area contributed by atoms with E-state index < -0.39 is 12.2 Å². The highest BCUT2D eigenvalue weighted by Gasteiger charge is 2.41. The molecule has 4 nitrogen and oxygen atoms in total. The van der Waals surface area contributed by atoms with Crippen LogP contribution in [0.2, 0.25) is 0 Å². The number of nitrogens with zero attached hydrogens (tertiary/aromatic N) is 3. The molecule has 0 aromatic carbocycles. The summed E-state index contributed by atoms with van der Waals surface area (Å²) in [6.07, 6.45) is 1.01. The molecule has 1 fully saturated rings. The van der Waals surface area contributed by atoms with Crippen molar-refractivity contribution in [3.63, 3.8) is 0 Å². The van der Waals surface area contributed by atoms with Gasteiger partial charge in [-0.15, -0.1) is 0 Å². The number of pyridine rings is 2. The van der Waals surface area contributed by atoms with Crippen molar-refractivity contribution in [3.8, 4) is 0 Å². The molecule has 2 atom stereocenters. The zero-order chi connectivity index (χ0) is 17.0. The van der Waals surface area contributed by atoms with Gasteiger partial charge in [0.1, 0.15) is 11.9 Å². The molecule has 0 spiro atoms. The minimum atomic E-state index is -4.29. The second kappa shape index (κ2) is 7.17. The molecule has 24 heavy (non-hydrogen) atoms. The molecule has 1 N–H and O–H groups in total. The zero-order valence-electron chi connectivity index (χ0n) is 13.1. The van der Waals surface area contributed by atoms with Gasteiger partial charge in [0, 0.05) is 37.7 Å². The predicted molar refractivity (Wildman–Crippen MR) is 85.8 cm³/mol. The normalized spacial score (nSPS) is 19.5. The van der Waals surface area contributed by atoms with Crippen molar-refractivity contribution >= 4 is 5.82 Å². The number of anilines is 1. The van der Waals surface area contributed by atoms with Gasteiger partial charge in [0.25, 0.3) is 0 Å². The van der Waals surface area contributed by atoms with Crippen LogP contribution < -0.4 is 10.2 Å². The van der Waals surface area contributed by atoms with Crippen molar-refractivity contribution in [2.24, 2.45) is 0 Å². The highest BCUT2D eigenvalue weighted by molar-refractivity contribution is 5.39. The number of aromatic nitrogens is 2. The van der Waals surface area contributed by atoms with Crippen LogP contribution in [0.1, 0.15) is 12.0 Å². The van der Waals surface area contributed by atoms with E-state index in [9.17, 15) is 13.2 Å². The van der Waals surface area contributed by atoms with E-state index >= 15 is 0 Å². The van der Waals surface area contributed by atoms with Crippen LogP contribution in [0.3, 0.4) is 0 Å². The van der Waals surface area contributed by atoms with Crippen LogP contribution in [0.15, 0.2) is 48.9 Å². The van der Waals surface area contributed by atoms with Crippen LogP contribution in [-0.2, 0) is 6.42 Å². The Morgan fingerprint density at radius 3 is 2.62 bits per heavy atom. The maximum absolute atomic E-state index is 13.4. The summed E-state index contributed by atoms with van der Waals surface area (Å²) < 4.78 is 40.1. The largest absolute Gasteiger partial charge is 0.404 e. The summed E-state index contributed by atoms with van der Waals surface area (Å²) in [5.41, 5.74) is 0.624. The van der Waals surface area contributed by atoms with E-state index in [1.54, 1.807) is 18.3 Å². The lowest BCUT2D eigenvalue weighted by Gasteiger charge is -2.26. The van der Waals surface area contributed by atoms with Gasteiger partial charge >= 0.3 is 6.18 Å². The molecule has 0 aliphatic carbocycles. The molecular weight excluding hydrogens is 317 g/mol. The first kappa shape index (κ1) is 16.7. The lowest BCUT2D eigenvalue weighted by atomic mass is 10.1. The summed E-state index contributed by atoms with van der Waals surface area (Å²) in [6, 6.07) is 7.05. The molecule has 2 aromatic rings. The van der Waals surface area contributed by atoms with Gasteiger partial charge in [0.15, 0.2) is 0 Å². The van der Waals surface area contributed by atoms with Crippen molar-refractivity contribution < 1.29 is 13.2 Å². The number of hydrogen-bond acceptors (Lipinski definition) is 4. The van der Waals surface area contributed by atoms with Gasteiger partial charge in [-0.05, 0) is 42.7 Å². The van der Waals surface area contributed by atoms with Crippen LogP contribution in [0, 0.1) is 0 Å². The maximum Gasteiger partial charge on any atom is 0.404 e. The third kappa shape index (κ3) is 4.23. The Hall–Kier alpha value is -2.15. The first-order chi connectivity index (χ1) is 11.5. The average molecular weight is 336 g/mol. The minimum absolute atomic E-state index is 0.0912. The van der Waals surface area contributed by atoms with Gasteiger partial charge in [-0.2, -0.15) is 13.2 Å². The van der Waals surface area contributed by atoms with E-state index in [1.165, 1.54) is 12.4 Å². The van der Waals surface area contributed by atoms with E-state index in [0.717, 1.165) is 5.82 Å². The summed E-state index contributed by atoms with van der Waals surface area (Å²) in [7, 11) is 0. The Kier molecular flexibility index (Phi) is 4.99. The topological polar surface area (TPSA) is 41.1 Å². The monoisotopic (exact) mass is 336 g/mol. The smallest absolute Gasteiger partial charge is 0.355 e. The van der Waals surface area contributed by atoms with Gasteiger partial charge < -0.3 is 10.2 Å². The molecule has 7 heteroatoms. The molecule has 1 aliphatic rings. The van der Waals surface area contributed by atoms with Crippen molar-refractivity contribution in [1.29, 1.82) is 0 Å². The molecule has 2 unspecified atom stereocenters. The number of alkyl halides is 3. The first-order valence-electron chi connectivity index (χ1n) is 7.90. The number of hydrogen-bond donors (Lipinski definition) is 1. The molecule has 1 saturated heterocycles. The standard InChI is InChI=1S/C17H19F3N4/c18-17(19,20)15(11-13-4-8-21-9-5-13)23-14-6-10-24(12-14)16-3-1-2-7-22-16/h1-5,7-9,14-15,23H,6,10-12H2. The second-order valence-electron chi connectivity index (χ2n) is 5.94. The van der Waals surface area contributed by atoms with Gasteiger partial charge in [0.05, 0.1) is 0 Å². The molecule has 0 radical (unpaired) electrons. The Morgan fingerprint density at radius 2 is 1.96 bits per heavy atom. The van der Waals surface area contributed by atoms with Crippen molar-refractivity contribution in [2.45, 2.75) is 31.1 Å². The quantitative estimate of drug-likeness (QED) is 0.912. The third-order valence-corrected chi connectivity index (χ3v) is 4.18. The lowest BCUT2D eigenvalue weighted by Crippen LogP contribution is -2.49. The molecule has 3 heterocycles. The van der Waals surface area contributed by atoms with E-state index in [-0.39, 0.29) is 12.5 Å². The molecule has 1 aliphatic heterocycles. The van der Waals surface area contributed by atoms with Gasteiger partial charge in [-0.1, -0.05) is 6.07 Å². The fraction of sp³-hybridized carbons (Fsp3) is 0.412. The Labute approximate surface area is 138 Å². The summed E-state index contributed by atoms with van der Waals surface area (Å²) >= 11 is 0. The van der Waals surface area contributed by atoms with E-state index in [4.69, 9.17) is 0 Å². The zero-order valence-corrected chi connectivity index (χ0v) is 13.1. The van der Waals surface area contributed by atoms with Crippen molar-refractivity contribution in [3.05, 3.63) is 54.5 Å². The van der Waals surface area contributed by atoms with Crippen LogP contribution >= 0.6 is 0 Å². The van der Waals surface area contributed by atoms with E-state index in [2.05, 4.69) is 15.3 Å². The van der Waals surface area contributed by atoms with Crippen molar-refractivity contribution in [1.82, 2.24) is 15.3 Å². The van der Waals surface area contributed by atoms with Gasteiger partial charge in [-0.25, -0.2) is 4.98 Å². The number of halogens is 3. The Balaban J connectivity index is 1.63. The summed E-state index contributed by atoms with van der Waals surface area (Å²) in [5.74, 6) is 0.805. The number of rotatable bonds is 5. The predicted octanol–water partition coefficient (Wildman–Crippen LogP) is 2.82. The van der Waals surface area contributed by atoms with Crippen LogP contribution in [0.5, 0.6) is 0 Å². The summed E-state index contributed by atoms with van der Waals surface area (Å²) in [5, 5.41) is 2.79. The fourth-order valence-corrected chi connectivity index (χ4v) is 2.95. The van der Waals surface area contributed by atoms with E-state index in [1.807, 2.05) is 23.1 Å². The highest BCUT2D eigenvalue weighted by Crippen LogP contribution is 2.25. The molecule has 0 saturated carbocycles. The summed E-state index contributed by atoms with van der Waals surface area (Å²) in [6.45, 7) is 1.23. The minimum Gasteiger partial charge on any atom is -0.355 e. The lowest BCUT2D eigenvalue weighted by molar-refractivity contribution is -0.157. The average Bonchev–Trinajstić information content (AvgIpc) is 3.04. The molecule has 128 valence electrons. The fourth-order valence-electron chi connectivity index (χ4n) is 2.95. The first-order valence-corrected chi connectivity index (χ1v) is 7.90. The molecule has 2 aromatic heterocycles. The van der Waals surface area contributed by atoms with E-state index in [0.29, 0.717) is 25.1 Å². The van der Waals surface area contributed by atoms with Crippen LogP contribution in [0.4, 0.5) is 19.0 Å². The number of nitrogens with one attached hydrogen (secondary N) is 1. The Morgan fingerprint density at radius 1 is 1.17 bits per heavy atom. The highest BCUT2D eigenvalue weighted by atomic mass is 19.4. The van der Waals surface area contributed by atoms with Crippen molar-refractivity contribution in [2.75, 3.05) is 18.0 Å². The summed E-state index contributed by atoms with van der Waals surface area (Å²) in [4.78, 5) is 10.1. The van der Waals surface area contributed by atoms with Crippen LogP contribution in [0.25, 0.3) is 0 Å².